The first-order valence-corrected chi connectivity index (χ1v) is 7.41. The summed E-state index contributed by atoms with van der Waals surface area (Å²) in [6.45, 7) is 3.63. The molecule has 3 aromatic rings. The van der Waals surface area contributed by atoms with Crippen molar-refractivity contribution >= 4 is 16.3 Å². The van der Waals surface area contributed by atoms with Crippen molar-refractivity contribution in [3.63, 3.8) is 0 Å². The molecule has 0 spiro atoms. The Hall–Kier alpha value is -1.85. The van der Waals surface area contributed by atoms with E-state index < -0.39 is 0 Å². The molecule has 2 heterocycles. The fraction of sp³-hybridized carbons (Fsp3) is 0.267. The number of nitrogens with zero attached hydrogens (tertiary/aromatic N) is 2. The normalized spacial score (nSPS) is 11.1. The lowest BCUT2D eigenvalue weighted by atomic mass is 10.2. The van der Waals surface area contributed by atoms with Gasteiger partial charge in [-0.25, -0.2) is 4.98 Å². The molecule has 0 unspecified atom stereocenters. The highest BCUT2D eigenvalue weighted by Gasteiger charge is 2.09. The lowest BCUT2D eigenvalue weighted by Gasteiger charge is -2.09. The van der Waals surface area contributed by atoms with Gasteiger partial charge in [-0.1, -0.05) is 18.2 Å². The monoisotopic (exact) mass is 287 g/mol. The van der Waals surface area contributed by atoms with Crippen molar-refractivity contribution in [2.24, 2.45) is 0 Å². The predicted molar refractivity (Wildman–Crippen MR) is 81.3 cm³/mol. The molecule has 0 fully saturated rings. The number of benzene rings is 1. The minimum atomic E-state index is 0.779. The van der Waals surface area contributed by atoms with E-state index in [9.17, 15) is 0 Å². The number of fused-ring (bicyclic) bond motifs is 1. The van der Waals surface area contributed by atoms with Gasteiger partial charge < -0.3 is 10.1 Å². The Balaban J connectivity index is 1.71. The number of methoxy groups -OCH3 is 1. The zero-order valence-electron chi connectivity index (χ0n) is 11.6. The van der Waals surface area contributed by atoms with Crippen molar-refractivity contribution in [1.29, 1.82) is 0 Å². The molecular weight excluding hydrogens is 270 g/mol. The highest BCUT2D eigenvalue weighted by molar-refractivity contribution is 7.15. The van der Waals surface area contributed by atoms with Crippen molar-refractivity contribution < 1.29 is 4.74 Å². The summed E-state index contributed by atoms with van der Waals surface area (Å²) >= 11 is 1.66. The Bertz CT molecular complexity index is 717. The van der Waals surface area contributed by atoms with Gasteiger partial charge in [-0.05, 0) is 13.0 Å². The van der Waals surface area contributed by atoms with Gasteiger partial charge in [0.2, 0.25) is 0 Å². The van der Waals surface area contributed by atoms with Crippen molar-refractivity contribution in [1.82, 2.24) is 14.7 Å². The molecule has 20 heavy (non-hydrogen) atoms. The number of rotatable bonds is 5. The molecular formula is C15H17N3OS. The molecule has 5 heteroatoms. The van der Waals surface area contributed by atoms with Gasteiger partial charge >= 0.3 is 0 Å². The van der Waals surface area contributed by atoms with Gasteiger partial charge in [0.15, 0.2) is 4.96 Å². The highest BCUT2D eigenvalue weighted by atomic mass is 32.1. The van der Waals surface area contributed by atoms with Crippen LogP contribution in [0, 0.1) is 6.92 Å². The molecule has 0 aliphatic rings. The van der Waals surface area contributed by atoms with Crippen LogP contribution in [0.2, 0.25) is 0 Å². The van der Waals surface area contributed by atoms with Crippen molar-refractivity contribution in [3.05, 3.63) is 52.8 Å². The Morgan fingerprint density at radius 3 is 3.00 bits per heavy atom. The van der Waals surface area contributed by atoms with Crippen LogP contribution in [0.25, 0.3) is 4.96 Å². The number of hydrogen-bond donors (Lipinski definition) is 1. The molecule has 0 radical (unpaired) electrons. The standard InChI is InChI=1S/C15H17N3OS/c1-11-13(18-7-8-20-15(18)17-11)10-16-9-12-5-3-4-6-14(12)19-2/h3-8,16H,9-10H2,1-2H3. The molecule has 0 saturated carbocycles. The average Bonchev–Trinajstić information content (AvgIpc) is 3.02. The Labute approximate surface area is 122 Å². The van der Waals surface area contributed by atoms with Gasteiger partial charge in [0.05, 0.1) is 18.5 Å². The summed E-state index contributed by atoms with van der Waals surface area (Å²) in [7, 11) is 1.70. The minimum Gasteiger partial charge on any atom is -0.496 e. The maximum absolute atomic E-state index is 5.36. The molecule has 0 aliphatic heterocycles. The largest absolute Gasteiger partial charge is 0.496 e. The second-order valence-corrected chi connectivity index (χ2v) is 5.49. The van der Waals surface area contributed by atoms with Crippen molar-refractivity contribution in [2.45, 2.75) is 20.0 Å². The number of ether oxygens (including phenoxy) is 1. The molecule has 0 aliphatic carbocycles. The molecule has 104 valence electrons. The molecule has 0 amide bonds. The lowest BCUT2D eigenvalue weighted by molar-refractivity contribution is 0.407. The van der Waals surface area contributed by atoms with E-state index in [0.717, 1.165) is 29.5 Å². The third kappa shape index (κ3) is 2.42. The number of nitrogens with one attached hydrogen (secondary N) is 1. The summed E-state index contributed by atoms with van der Waals surface area (Å²) in [5.41, 5.74) is 3.47. The zero-order chi connectivity index (χ0) is 13.9. The molecule has 2 aromatic heterocycles. The molecule has 1 N–H and O–H groups in total. The molecule has 1 aromatic carbocycles. The minimum absolute atomic E-state index is 0.779. The predicted octanol–water partition coefficient (Wildman–Crippen LogP) is 3.00. The summed E-state index contributed by atoms with van der Waals surface area (Å²) in [6.07, 6.45) is 2.07. The van der Waals surface area contributed by atoms with E-state index in [1.165, 1.54) is 11.3 Å². The van der Waals surface area contributed by atoms with E-state index in [1.807, 2.05) is 18.2 Å². The summed E-state index contributed by atoms with van der Waals surface area (Å²) in [6, 6.07) is 8.08. The number of hydrogen-bond acceptors (Lipinski definition) is 4. The van der Waals surface area contributed by atoms with Crippen molar-refractivity contribution in [2.75, 3.05) is 7.11 Å². The van der Waals surface area contributed by atoms with Gasteiger partial charge in [0.1, 0.15) is 5.75 Å². The fourth-order valence-electron chi connectivity index (χ4n) is 2.32. The number of aryl methyl sites for hydroxylation is 1. The maximum Gasteiger partial charge on any atom is 0.194 e. The number of para-hydroxylation sites is 1. The van der Waals surface area contributed by atoms with Crippen LogP contribution in [-0.2, 0) is 13.1 Å². The van der Waals surface area contributed by atoms with Crippen LogP contribution in [0.4, 0.5) is 0 Å². The molecule has 0 atom stereocenters. The van der Waals surface area contributed by atoms with Gasteiger partial charge in [-0.3, -0.25) is 4.40 Å². The summed E-state index contributed by atoms with van der Waals surface area (Å²) in [4.78, 5) is 5.60. The highest BCUT2D eigenvalue weighted by Crippen LogP contribution is 2.18. The third-order valence-corrected chi connectivity index (χ3v) is 4.12. The Morgan fingerprint density at radius 1 is 1.30 bits per heavy atom. The zero-order valence-corrected chi connectivity index (χ0v) is 12.4. The molecule has 0 saturated heterocycles. The van der Waals surface area contributed by atoms with Crippen LogP contribution in [0.1, 0.15) is 17.0 Å². The van der Waals surface area contributed by atoms with Gasteiger partial charge in [-0.2, -0.15) is 0 Å². The van der Waals surface area contributed by atoms with Crippen LogP contribution in [0.3, 0.4) is 0 Å². The molecule has 3 rings (SSSR count). The van der Waals surface area contributed by atoms with Crippen LogP contribution >= 0.6 is 11.3 Å². The van der Waals surface area contributed by atoms with Crippen LogP contribution < -0.4 is 10.1 Å². The SMILES string of the molecule is COc1ccccc1CNCc1c(C)nc2sccn12. The van der Waals surface area contributed by atoms with Gasteiger partial charge in [0.25, 0.3) is 0 Å². The van der Waals surface area contributed by atoms with E-state index in [4.69, 9.17) is 4.74 Å². The summed E-state index contributed by atoms with van der Waals surface area (Å²) in [5, 5.41) is 5.53. The quantitative estimate of drug-likeness (QED) is 0.784. The summed E-state index contributed by atoms with van der Waals surface area (Å²) in [5.74, 6) is 0.922. The van der Waals surface area contributed by atoms with E-state index in [1.54, 1.807) is 18.4 Å². The molecule has 0 bridgehead atoms. The van der Waals surface area contributed by atoms with Crippen LogP contribution in [0.5, 0.6) is 5.75 Å². The topological polar surface area (TPSA) is 38.6 Å². The second kappa shape index (κ2) is 5.64. The van der Waals surface area contributed by atoms with Crippen LogP contribution in [-0.4, -0.2) is 16.5 Å². The first-order valence-electron chi connectivity index (χ1n) is 6.53. The first-order chi connectivity index (χ1) is 9.79. The van der Waals surface area contributed by atoms with E-state index >= 15 is 0 Å². The van der Waals surface area contributed by atoms with Crippen LogP contribution in [0.15, 0.2) is 35.8 Å². The Morgan fingerprint density at radius 2 is 2.15 bits per heavy atom. The number of thiazole rings is 1. The second-order valence-electron chi connectivity index (χ2n) is 4.61. The molecule has 4 nitrogen and oxygen atoms in total. The van der Waals surface area contributed by atoms with Gasteiger partial charge in [-0.15, -0.1) is 11.3 Å². The third-order valence-electron chi connectivity index (χ3n) is 3.36. The average molecular weight is 287 g/mol. The first kappa shape index (κ1) is 13.1. The maximum atomic E-state index is 5.36. The van der Waals surface area contributed by atoms with Gasteiger partial charge in [0, 0.05) is 30.2 Å². The lowest BCUT2D eigenvalue weighted by Crippen LogP contribution is -2.15. The Kier molecular flexibility index (Phi) is 3.71. The number of imidazole rings is 1. The summed E-state index contributed by atoms with van der Waals surface area (Å²) < 4.78 is 7.51. The van der Waals surface area contributed by atoms with E-state index in [0.29, 0.717) is 0 Å². The van der Waals surface area contributed by atoms with Crippen molar-refractivity contribution in [3.8, 4) is 5.75 Å². The number of aromatic nitrogens is 2. The van der Waals surface area contributed by atoms with E-state index in [-0.39, 0.29) is 0 Å². The smallest absolute Gasteiger partial charge is 0.194 e. The van der Waals surface area contributed by atoms with E-state index in [2.05, 4.69) is 39.3 Å². The fourth-order valence-corrected chi connectivity index (χ4v) is 3.10.